The lowest BCUT2D eigenvalue weighted by molar-refractivity contribution is 0.621. The Hall–Kier alpha value is -0.670. The van der Waals surface area contributed by atoms with Crippen LogP contribution in [0.15, 0.2) is 28.2 Å². The largest absolute Gasteiger partial charge is 0.324 e. The maximum Gasteiger partial charge on any atom is 0.137 e. The van der Waals surface area contributed by atoms with Crippen molar-refractivity contribution in [3.05, 3.63) is 39.6 Å². The van der Waals surface area contributed by atoms with Crippen molar-refractivity contribution >= 4 is 22.0 Å². The van der Waals surface area contributed by atoms with Gasteiger partial charge in [0, 0.05) is 6.04 Å². The van der Waals surface area contributed by atoms with Gasteiger partial charge in [0.15, 0.2) is 0 Å². The van der Waals surface area contributed by atoms with Crippen LogP contribution in [-0.2, 0) is 0 Å². The van der Waals surface area contributed by atoms with E-state index in [1.807, 2.05) is 26.0 Å². The molecule has 0 saturated heterocycles. The summed E-state index contributed by atoms with van der Waals surface area (Å²) in [6, 6.07) is 5.02. The van der Waals surface area contributed by atoms with Crippen LogP contribution in [0.2, 0.25) is 0 Å². The highest BCUT2D eigenvalue weighted by Gasteiger charge is 2.00. The van der Waals surface area contributed by atoms with Crippen molar-refractivity contribution < 1.29 is 4.39 Å². The molecule has 0 aromatic heterocycles. The molecule has 0 aliphatic heterocycles. The normalized spacial score (nSPS) is 14.2. The molecule has 14 heavy (non-hydrogen) atoms. The van der Waals surface area contributed by atoms with Gasteiger partial charge in [-0.1, -0.05) is 17.7 Å². The van der Waals surface area contributed by atoms with E-state index in [4.69, 9.17) is 5.73 Å². The first-order valence-electron chi connectivity index (χ1n) is 4.39. The highest BCUT2D eigenvalue weighted by atomic mass is 79.9. The number of hydrogen-bond donors (Lipinski definition) is 1. The van der Waals surface area contributed by atoms with Gasteiger partial charge in [-0.2, -0.15) is 0 Å². The number of halogens is 2. The number of nitrogens with two attached hydrogens (primary N) is 1. The van der Waals surface area contributed by atoms with Crippen molar-refractivity contribution in [3.8, 4) is 0 Å². The third kappa shape index (κ3) is 2.93. The lowest BCUT2D eigenvalue weighted by Crippen LogP contribution is -2.15. The number of hydrogen-bond acceptors (Lipinski definition) is 1. The molecule has 0 fully saturated rings. The first kappa shape index (κ1) is 11.4. The predicted octanol–water partition coefficient (Wildman–Crippen LogP) is 3.34. The molecule has 3 heteroatoms. The molecular formula is C11H13BrFN. The monoisotopic (exact) mass is 257 g/mol. The average molecular weight is 258 g/mol. The summed E-state index contributed by atoms with van der Waals surface area (Å²) in [7, 11) is 0. The van der Waals surface area contributed by atoms with Gasteiger partial charge >= 0.3 is 0 Å². The second kappa shape index (κ2) is 4.71. The summed E-state index contributed by atoms with van der Waals surface area (Å²) in [6.45, 7) is 3.84. The van der Waals surface area contributed by atoms with E-state index in [9.17, 15) is 4.39 Å². The lowest BCUT2D eigenvalue weighted by Gasteiger charge is -2.05. The first-order chi connectivity index (χ1) is 6.50. The second-order valence-corrected chi connectivity index (χ2v) is 4.20. The fourth-order valence-corrected chi connectivity index (χ4v) is 1.24. The zero-order chi connectivity index (χ0) is 10.7. The average Bonchev–Trinajstić information content (AvgIpc) is 2.11. The molecule has 1 aromatic carbocycles. The van der Waals surface area contributed by atoms with Crippen molar-refractivity contribution in [2.45, 2.75) is 19.9 Å². The van der Waals surface area contributed by atoms with Crippen LogP contribution in [0, 0.1) is 5.82 Å². The minimum Gasteiger partial charge on any atom is -0.324 e. The molecule has 0 heterocycles. The Balaban J connectivity index is 2.98. The lowest BCUT2D eigenvalue weighted by atomic mass is 10.1. The highest BCUT2D eigenvalue weighted by Crippen LogP contribution is 2.18. The van der Waals surface area contributed by atoms with Crippen LogP contribution >= 0.6 is 15.9 Å². The zero-order valence-electron chi connectivity index (χ0n) is 8.22. The van der Waals surface area contributed by atoms with Crippen LogP contribution in [-0.4, -0.2) is 6.04 Å². The molecule has 0 spiro atoms. The van der Waals surface area contributed by atoms with Crippen molar-refractivity contribution in [2.75, 3.05) is 0 Å². The second-order valence-electron chi connectivity index (χ2n) is 3.35. The van der Waals surface area contributed by atoms with E-state index in [0.29, 0.717) is 4.47 Å². The van der Waals surface area contributed by atoms with Crippen molar-refractivity contribution in [3.63, 3.8) is 0 Å². The van der Waals surface area contributed by atoms with E-state index in [1.165, 1.54) is 6.07 Å². The first-order valence-corrected chi connectivity index (χ1v) is 5.19. The quantitative estimate of drug-likeness (QED) is 0.865. The van der Waals surface area contributed by atoms with Gasteiger partial charge in [-0.3, -0.25) is 0 Å². The molecule has 0 radical (unpaired) electrons. The Morgan fingerprint density at radius 3 is 2.71 bits per heavy atom. The summed E-state index contributed by atoms with van der Waals surface area (Å²) in [4.78, 5) is 0. The highest BCUT2D eigenvalue weighted by molar-refractivity contribution is 9.10. The Labute approximate surface area is 91.9 Å². The van der Waals surface area contributed by atoms with E-state index in [2.05, 4.69) is 15.9 Å². The minimum absolute atomic E-state index is 0.00158. The summed E-state index contributed by atoms with van der Waals surface area (Å²) >= 11 is 3.10. The van der Waals surface area contributed by atoms with Crippen molar-refractivity contribution in [2.24, 2.45) is 5.73 Å². The standard InChI is InChI=1S/C11H13BrFN/c1-7(8(2)14)5-9-3-4-10(12)11(13)6-9/h3-6,8H,14H2,1-2H3/b7-5+. The molecule has 0 aliphatic rings. The fraction of sp³-hybridized carbons (Fsp3) is 0.273. The number of rotatable bonds is 2. The number of benzene rings is 1. The Morgan fingerprint density at radius 1 is 1.57 bits per heavy atom. The van der Waals surface area contributed by atoms with E-state index >= 15 is 0 Å². The molecular weight excluding hydrogens is 245 g/mol. The van der Waals surface area contributed by atoms with E-state index in [-0.39, 0.29) is 11.9 Å². The third-order valence-corrected chi connectivity index (χ3v) is 2.70. The topological polar surface area (TPSA) is 26.0 Å². The summed E-state index contributed by atoms with van der Waals surface area (Å²) in [5, 5.41) is 0. The van der Waals surface area contributed by atoms with Gasteiger partial charge in [-0.05, 0) is 47.5 Å². The van der Waals surface area contributed by atoms with Crippen LogP contribution in [0.1, 0.15) is 19.4 Å². The van der Waals surface area contributed by atoms with Crippen LogP contribution in [0.5, 0.6) is 0 Å². The fourth-order valence-electron chi connectivity index (χ4n) is 0.996. The molecule has 1 unspecified atom stereocenters. The Morgan fingerprint density at radius 2 is 2.21 bits per heavy atom. The van der Waals surface area contributed by atoms with E-state index in [1.54, 1.807) is 6.07 Å². The van der Waals surface area contributed by atoms with Crippen LogP contribution < -0.4 is 5.73 Å². The van der Waals surface area contributed by atoms with Crippen LogP contribution in [0.3, 0.4) is 0 Å². The molecule has 0 bridgehead atoms. The van der Waals surface area contributed by atoms with Gasteiger partial charge in [0.25, 0.3) is 0 Å². The summed E-state index contributed by atoms with van der Waals surface area (Å²) < 4.78 is 13.6. The molecule has 1 atom stereocenters. The third-order valence-electron chi connectivity index (χ3n) is 2.06. The molecule has 76 valence electrons. The molecule has 2 N–H and O–H groups in total. The minimum atomic E-state index is -0.253. The molecule has 0 aliphatic carbocycles. The van der Waals surface area contributed by atoms with E-state index < -0.39 is 0 Å². The Kier molecular flexibility index (Phi) is 3.84. The van der Waals surface area contributed by atoms with Gasteiger partial charge in [-0.15, -0.1) is 0 Å². The molecule has 0 saturated carbocycles. The van der Waals surface area contributed by atoms with Gasteiger partial charge in [0.2, 0.25) is 0 Å². The van der Waals surface area contributed by atoms with Crippen molar-refractivity contribution in [1.29, 1.82) is 0 Å². The van der Waals surface area contributed by atoms with Crippen LogP contribution in [0.4, 0.5) is 4.39 Å². The van der Waals surface area contributed by atoms with E-state index in [0.717, 1.165) is 11.1 Å². The summed E-state index contributed by atoms with van der Waals surface area (Å²) in [5.41, 5.74) is 7.55. The van der Waals surface area contributed by atoms with Gasteiger partial charge in [-0.25, -0.2) is 4.39 Å². The van der Waals surface area contributed by atoms with Gasteiger partial charge in [0.05, 0.1) is 4.47 Å². The molecule has 1 aromatic rings. The molecule has 1 nitrogen and oxygen atoms in total. The molecule has 1 rings (SSSR count). The smallest absolute Gasteiger partial charge is 0.137 e. The maximum atomic E-state index is 13.1. The van der Waals surface area contributed by atoms with Gasteiger partial charge < -0.3 is 5.73 Å². The van der Waals surface area contributed by atoms with Crippen molar-refractivity contribution in [1.82, 2.24) is 0 Å². The summed E-state index contributed by atoms with van der Waals surface area (Å²) in [5.74, 6) is -0.253. The predicted molar refractivity (Wildman–Crippen MR) is 61.4 cm³/mol. The molecule has 0 amide bonds. The maximum absolute atomic E-state index is 13.1. The SMILES string of the molecule is C/C(=C\c1ccc(Br)c(F)c1)C(C)N. The zero-order valence-corrected chi connectivity index (χ0v) is 9.81. The Bertz CT molecular complexity index is 358. The van der Waals surface area contributed by atoms with Gasteiger partial charge in [0.1, 0.15) is 5.82 Å². The summed E-state index contributed by atoms with van der Waals surface area (Å²) in [6.07, 6.45) is 1.89. The van der Waals surface area contributed by atoms with Crippen LogP contribution in [0.25, 0.3) is 6.08 Å².